The monoisotopic (exact) mass is 464 g/mol. The Hall–Kier alpha value is -3.09. The van der Waals surface area contributed by atoms with Gasteiger partial charge in [0.1, 0.15) is 25.3 Å². The van der Waals surface area contributed by atoms with Gasteiger partial charge in [-0.25, -0.2) is 4.98 Å². The number of hydrogen-bond acceptors (Lipinski definition) is 6. The maximum atomic E-state index is 6.01. The van der Waals surface area contributed by atoms with E-state index < -0.39 is 0 Å². The van der Waals surface area contributed by atoms with Gasteiger partial charge >= 0.3 is 0 Å². The van der Waals surface area contributed by atoms with Crippen LogP contribution in [0.1, 0.15) is 17.5 Å². The largest absolute Gasteiger partial charge is 0.487 e. The molecule has 0 aliphatic carbocycles. The van der Waals surface area contributed by atoms with E-state index in [1.165, 1.54) is 0 Å². The summed E-state index contributed by atoms with van der Waals surface area (Å²) in [5, 5.41) is 4.95. The molecule has 2 aromatic carbocycles. The van der Waals surface area contributed by atoms with Crippen molar-refractivity contribution in [2.24, 2.45) is 5.16 Å². The lowest BCUT2D eigenvalue weighted by molar-refractivity contribution is 0.211. The molecule has 1 aromatic heterocycles. The molecule has 4 rings (SSSR count). The second-order valence-corrected chi connectivity index (χ2v) is 8.37. The molecule has 0 radical (unpaired) electrons. The molecule has 0 N–H and O–H groups in total. The summed E-state index contributed by atoms with van der Waals surface area (Å²) in [6.45, 7) is 5.32. The first-order valence-electron chi connectivity index (χ1n) is 11.2. The Bertz CT molecular complexity index is 1020. The van der Waals surface area contributed by atoms with Crippen LogP contribution in [0, 0.1) is 0 Å². The van der Waals surface area contributed by atoms with Crippen LogP contribution >= 0.6 is 11.6 Å². The number of hydrogen-bond donors (Lipinski definition) is 0. The molecule has 6 nitrogen and oxygen atoms in total. The normalized spacial score (nSPS) is 14.8. The average Bonchev–Trinajstić information content (AvgIpc) is 2.87. The summed E-state index contributed by atoms with van der Waals surface area (Å²) in [5.41, 5.74) is 3.12. The highest BCUT2D eigenvalue weighted by molar-refractivity contribution is 6.30. The summed E-state index contributed by atoms with van der Waals surface area (Å²) in [6, 6.07) is 21.9. The number of piperazine rings is 1. The van der Waals surface area contributed by atoms with E-state index in [0.717, 1.165) is 72.6 Å². The van der Waals surface area contributed by atoms with Gasteiger partial charge in [-0.15, -0.1) is 0 Å². The van der Waals surface area contributed by atoms with Gasteiger partial charge in [-0.2, -0.15) is 0 Å². The second-order valence-electron chi connectivity index (χ2n) is 7.93. The zero-order valence-corrected chi connectivity index (χ0v) is 19.6. The van der Waals surface area contributed by atoms with E-state index in [4.69, 9.17) is 21.2 Å². The summed E-state index contributed by atoms with van der Waals surface area (Å²) >= 11 is 6.01. The number of oxime groups is 1. The molecule has 0 unspecified atom stereocenters. The molecule has 33 heavy (non-hydrogen) atoms. The fraction of sp³-hybridized carbons (Fsp3) is 0.308. The van der Waals surface area contributed by atoms with E-state index in [-0.39, 0.29) is 0 Å². The number of ether oxygens (including phenoxy) is 1. The molecule has 1 fully saturated rings. The van der Waals surface area contributed by atoms with Gasteiger partial charge in [-0.3, -0.25) is 4.90 Å². The van der Waals surface area contributed by atoms with Crippen molar-refractivity contribution in [2.45, 2.75) is 13.0 Å². The third-order valence-corrected chi connectivity index (χ3v) is 5.96. The summed E-state index contributed by atoms with van der Waals surface area (Å²) < 4.78 is 5.85. The number of aromatic nitrogens is 1. The van der Waals surface area contributed by atoms with E-state index in [1.54, 1.807) is 7.11 Å². The molecule has 0 bridgehead atoms. The highest BCUT2D eigenvalue weighted by Crippen LogP contribution is 2.19. The van der Waals surface area contributed by atoms with Crippen LogP contribution in [0.15, 0.2) is 78.1 Å². The molecule has 7 heteroatoms. The number of anilines is 1. The fourth-order valence-electron chi connectivity index (χ4n) is 3.85. The molecular weight excluding hydrogens is 436 g/mol. The van der Waals surface area contributed by atoms with Crippen molar-refractivity contribution in [1.82, 2.24) is 9.88 Å². The average molecular weight is 465 g/mol. The zero-order valence-electron chi connectivity index (χ0n) is 18.9. The first kappa shape index (κ1) is 23.1. The van der Waals surface area contributed by atoms with Crippen LogP contribution in [0.25, 0.3) is 0 Å². The lowest BCUT2D eigenvalue weighted by Crippen LogP contribution is -2.47. The Labute approximate surface area is 200 Å². The van der Waals surface area contributed by atoms with E-state index in [0.29, 0.717) is 6.61 Å². The molecular formula is C26H29ClN4O2. The standard InChI is InChI=1S/C26H29ClN4O2/c1-32-29-25(22-7-9-23(27)10-8-22)13-14-30-15-17-31(18-16-30)26-12-11-24(19-28-26)33-20-21-5-3-2-4-6-21/h2-12,19H,13-18,20H2,1H3. The van der Waals surface area contributed by atoms with E-state index in [1.807, 2.05) is 60.8 Å². The Morgan fingerprint density at radius 3 is 2.39 bits per heavy atom. The first-order valence-corrected chi connectivity index (χ1v) is 11.5. The van der Waals surface area contributed by atoms with Crippen molar-refractivity contribution < 1.29 is 9.57 Å². The van der Waals surface area contributed by atoms with E-state index in [2.05, 4.69) is 32.1 Å². The third kappa shape index (κ3) is 6.70. The predicted molar refractivity (Wildman–Crippen MR) is 133 cm³/mol. The first-order chi connectivity index (χ1) is 16.2. The number of benzene rings is 2. The molecule has 3 aromatic rings. The van der Waals surface area contributed by atoms with Gasteiger partial charge in [-0.1, -0.05) is 59.2 Å². The fourth-order valence-corrected chi connectivity index (χ4v) is 3.97. The van der Waals surface area contributed by atoms with Gasteiger partial charge in [0, 0.05) is 44.2 Å². The molecule has 0 atom stereocenters. The van der Waals surface area contributed by atoms with Gasteiger partial charge < -0.3 is 14.5 Å². The molecule has 1 aliphatic rings. The van der Waals surface area contributed by atoms with Gasteiger partial charge in [0.05, 0.1) is 11.9 Å². The van der Waals surface area contributed by atoms with Gasteiger partial charge in [0.2, 0.25) is 0 Å². The summed E-state index contributed by atoms with van der Waals surface area (Å²) in [4.78, 5) is 14.5. The maximum absolute atomic E-state index is 6.01. The molecule has 0 spiro atoms. The predicted octanol–water partition coefficient (Wildman–Crippen LogP) is 4.88. The van der Waals surface area contributed by atoms with Crippen LogP contribution in [0.3, 0.4) is 0 Å². The summed E-state index contributed by atoms with van der Waals surface area (Å²) in [6.07, 6.45) is 2.63. The summed E-state index contributed by atoms with van der Waals surface area (Å²) in [7, 11) is 1.58. The zero-order chi connectivity index (χ0) is 22.9. The SMILES string of the molecule is CON=C(CCN1CCN(c2ccc(OCc3ccccc3)cn2)CC1)c1ccc(Cl)cc1. The minimum atomic E-state index is 0.547. The smallest absolute Gasteiger partial charge is 0.138 e. The van der Waals surface area contributed by atoms with Crippen LogP contribution < -0.4 is 9.64 Å². The number of halogens is 1. The van der Waals surface area contributed by atoms with E-state index in [9.17, 15) is 0 Å². The van der Waals surface area contributed by atoms with Crippen LogP contribution in [0.4, 0.5) is 5.82 Å². The number of rotatable bonds is 9. The highest BCUT2D eigenvalue weighted by Gasteiger charge is 2.19. The molecule has 172 valence electrons. The second kappa shape index (κ2) is 11.7. The minimum Gasteiger partial charge on any atom is -0.487 e. The highest BCUT2D eigenvalue weighted by atomic mass is 35.5. The third-order valence-electron chi connectivity index (χ3n) is 5.71. The van der Waals surface area contributed by atoms with Crippen molar-refractivity contribution in [3.8, 4) is 5.75 Å². The van der Waals surface area contributed by atoms with Crippen LogP contribution in [-0.2, 0) is 11.4 Å². The van der Waals surface area contributed by atoms with Gasteiger partial charge in [0.15, 0.2) is 0 Å². The van der Waals surface area contributed by atoms with Crippen LogP contribution in [-0.4, -0.2) is 55.4 Å². The van der Waals surface area contributed by atoms with Gasteiger partial charge in [-0.05, 0) is 35.4 Å². The molecule has 0 amide bonds. The minimum absolute atomic E-state index is 0.547. The van der Waals surface area contributed by atoms with Crippen LogP contribution in [0.5, 0.6) is 5.75 Å². The van der Waals surface area contributed by atoms with Crippen molar-refractivity contribution in [2.75, 3.05) is 44.7 Å². The number of nitrogens with zero attached hydrogens (tertiary/aromatic N) is 4. The maximum Gasteiger partial charge on any atom is 0.138 e. The van der Waals surface area contributed by atoms with Crippen molar-refractivity contribution >= 4 is 23.1 Å². The Kier molecular flexibility index (Phi) is 8.17. The molecule has 1 aliphatic heterocycles. The topological polar surface area (TPSA) is 50.2 Å². The van der Waals surface area contributed by atoms with Crippen LogP contribution in [0.2, 0.25) is 5.02 Å². The van der Waals surface area contributed by atoms with Crippen molar-refractivity contribution in [1.29, 1.82) is 0 Å². The summed E-state index contributed by atoms with van der Waals surface area (Å²) in [5.74, 6) is 1.78. The Morgan fingerprint density at radius 1 is 0.970 bits per heavy atom. The van der Waals surface area contributed by atoms with E-state index >= 15 is 0 Å². The molecule has 1 saturated heterocycles. The van der Waals surface area contributed by atoms with Crippen molar-refractivity contribution in [3.63, 3.8) is 0 Å². The lowest BCUT2D eigenvalue weighted by Gasteiger charge is -2.35. The molecule has 2 heterocycles. The number of pyridine rings is 1. The molecule has 0 saturated carbocycles. The quantitative estimate of drug-likeness (QED) is 0.334. The van der Waals surface area contributed by atoms with Crippen molar-refractivity contribution in [3.05, 3.63) is 89.1 Å². The lowest BCUT2D eigenvalue weighted by atomic mass is 10.1. The Morgan fingerprint density at radius 2 is 1.73 bits per heavy atom. The van der Waals surface area contributed by atoms with Gasteiger partial charge in [0.25, 0.3) is 0 Å². The Balaban J connectivity index is 1.24.